The van der Waals surface area contributed by atoms with Crippen molar-refractivity contribution in [2.24, 2.45) is 11.7 Å². The molecule has 0 radical (unpaired) electrons. The highest BCUT2D eigenvalue weighted by molar-refractivity contribution is 5.95. The fourth-order valence-corrected chi connectivity index (χ4v) is 3.07. The molecule has 1 saturated carbocycles. The summed E-state index contributed by atoms with van der Waals surface area (Å²) < 4.78 is 11.2. The summed E-state index contributed by atoms with van der Waals surface area (Å²) in [6, 6.07) is 5.56. The lowest BCUT2D eigenvalue weighted by molar-refractivity contribution is 0.0928. The highest BCUT2D eigenvalue weighted by Crippen LogP contribution is 2.31. The molecule has 1 aromatic rings. The number of nitrogens with one attached hydrogen (secondary N) is 1. The number of carbonyl (C=O) groups is 1. The van der Waals surface area contributed by atoms with E-state index in [1.807, 2.05) is 6.07 Å². The number of benzene rings is 1. The third-order valence-electron chi connectivity index (χ3n) is 4.29. The van der Waals surface area contributed by atoms with E-state index in [4.69, 9.17) is 15.2 Å². The van der Waals surface area contributed by atoms with Crippen LogP contribution < -0.4 is 20.5 Å². The Morgan fingerprint density at radius 3 is 2.81 bits per heavy atom. The molecule has 2 unspecified atom stereocenters. The smallest absolute Gasteiger partial charge is 0.251 e. The molecule has 0 saturated heterocycles. The summed E-state index contributed by atoms with van der Waals surface area (Å²) in [6.45, 7) is 1.90. The Hall–Kier alpha value is -1.75. The molecule has 0 spiro atoms. The minimum atomic E-state index is -0.0593. The fourth-order valence-electron chi connectivity index (χ4n) is 3.07. The van der Waals surface area contributed by atoms with Gasteiger partial charge in [-0.25, -0.2) is 0 Å². The van der Waals surface area contributed by atoms with Crippen molar-refractivity contribution in [1.82, 2.24) is 5.32 Å². The lowest BCUT2D eigenvalue weighted by atomic mass is 10.0. The third kappa shape index (κ3) is 3.13. The third-order valence-corrected chi connectivity index (χ3v) is 4.29. The average molecular weight is 290 g/mol. The van der Waals surface area contributed by atoms with Crippen molar-refractivity contribution in [3.63, 3.8) is 0 Å². The van der Waals surface area contributed by atoms with Crippen LogP contribution in [0.25, 0.3) is 0 Å². The number of carbonyl (C=O) groups excluding carboxylic acids is 1. The normalized spacial score (nSPS) is 24.4. The number of hydrogen-bond donors (Lipinski definition) is 2. The van der Waals surface area contributed by atoms with Crippen LogP contribution in [0.3, 0.4) is 0 Å². The van der Waals surface area contributed by atoms with E-state index in [0.717, 1.165) is 25.7 Å². The Balaban J connectivity index is 1.71. The van der Waals surface area contributed by atoms with Crippen molar-refractivity contribution in [2.45, 2.75) is 31.7 Å². The van der Waals surface area contributed by atoms with Gasteiger partial charge in [-0.15, -0.1) is 0 Å². The minimum absolute atomic E-state index is 0.0593. The Bertz CT molecular complexity index is 518. The van der Waals surface area contributed by atoms with Gasteiger partial charge in [0.25, 0.3) is 5.91 Å². The summed E-state index contributed by atoms with van der Waals surface area (Å²) in [4.78, 5) is 12.4. The zero-order chi connectivity index (χ0) is 14.7. The molecule has 1 fully saturated rings. The van der Waals surface area contributed by atoms with E-state index in [1.54, 1.807) is 12.1 Å². The molecular weight excluding hydrogens is 268 g/mol. The second kappa shape index (κ2) is 6.35. The molecule has 5 nitrogen and oxygen atoms in total. The van der Waals surface area contributed by atoms with Crippen molar-refractivity contribution >= 4 is 5.91 Å². The van der Waals surface area contributed by atoms with Gasteiger partial charge < -0.3 is 20.5 Å². The molecule has 0 bridgehead atoms. The van der Waals surface area contributed by atoms with Crippen LogP contribution in [0.15, 0.2) is 18.2 Å². The van der Waals surface area contributed by atoms with Crippen molar-refractivity contribution in [2.75, 3.05) is 19.8 Å². The number of fused-ring (bicyclic) bond motifs is 1. The second-order valence-electron chi connectivity index (χ2n) is 5.72. The zero-order valence-corrected chi connectivity index (χ0v) is 12.1. The molecule has 1 heterocycles. The Labute approximate surface area is 124 Å². The van der Waals surface area contributed by atoms with E-state index in [1.165, 1.54) is 0 Å². The van der Waals surface area contributed by atoms with Crippen LogP contribution in [0.4, 0.5) is 0 Å². The molecule has 1 aliphatic heterocycles. The number of amides is 1. The molecule has 2 aliphatic rings. The lowest BCUT2D eigenvalue weighted by Gasteiger charge is -2.19. The molecule has 1 amide bonds. The van der Waals surface area contributed by atoms with Crippen molar-refractivity contribution in [3.8, 4) is 11.5 Å². The standard InChI is InChI=1S/C16H22N2O3/c17-10-12-3-1-4-13(12)18-16(19)11-5-6-14-15(9-11)21-8-2-7-20-14/h5-6,9,12-13H,1-4,7-8,10,17H2,(H,18,19). The van der Waals surface area contributed by atoms with E-state index >= 15 is 0 Å². The van der Waals surface area contributed by atoms with E-state index in [0.29, 0.717) is 42.7 Å². The molecule has 114 valence electrons. The largest absolute Gasteiger partial charge is 0.490 e. The SMILES string of the molecule is NCC1CCCC1NC(=O)c1ccc2c(c1)OCCCO2. The first kappa shape index (κ1) is 14.2. The predicted molar refractivity (Wildman–Crippen MR) is 79.7 cm³/mol. The van der Waals surface area contributed by atoms with Gasteiger partial charge in [0.05, 0.1) is 13.2 Å². The monoisotopic (exact) mass is 290 g/mol. The minimum Gasteiger partial charge on any atom is -0.490 e. The first-order valence-corrected chi connectivity index (χ1v) is 7.68. The summed E-state index contributed by atoms with van der Waals surface area (Å²) in [5.41, 5.74) is 6.37. The van der Waals surface area contributed by atoms with Gasteiger partial charge in [0.1, 0.15) is 0 Å². The summed E-state index contributed by atoms with van der Waals surface area (Å²) in [5.74, 6) is 1.71. The maximum Gasteiger partial charge on any atom is 0.251 e. The van der Waals surface area contributed by atoms with Crippen LogP contribution in [0, 0.1) is 5.92 Å². The van der Waals surface area contributed by atoms with Crippen molar-refractivity contribution < 1.29 is 14.3 Å². The average Bonchev–Trinajstić information content (AvgIpc) is 2.81. The lowest BCUT2D eigenvalue weighted by Crippen LogP contribution is -2.39. The van der Waals surface area contributed by atoms with Crippen molar-refractivity contribution in [3.05, 3.63) is 23.8 Å². The van der Waals surface area contributed by atoms with E-state index in [2.05, 4.69) is 5.32 Å². The number of rotatable bonds is 3. The molecule has 0 aromatic heterocycles. The summed E-state index contributed by atoms with van der Waals surface area (Å²) >= 11 is 0. The molecule has 3 N–H and O–H groups in total. The van der Waals surface area contributed by atoms with Gasteiger partial charge in [-0.05, 0) is 43.5 Å². The number of nitrogens with two attached hydrogens (primary N) is 1. The highest BCUT2D eigenvalue weighted by Gasteiger charge is 2.27. The van der Waals surface area contributed by atoms with Crippen LogP contribution in [0.5, 0.6) is 11.5 Å². The molecule has 3 rings (SSSR count). The molecule has 2 atom stereocenters. The quantitative estimate of drug-likeness (QED) is 0.888. The Morgan fingerprint density at radius 2 is 2.00 bits per heavy atom. The predicted octanol–water partition coefficient (Wildman–Crippen LogP) is 1.71. The van der Waals surface area contributed by atoms with E-state index in [-0.39, 0.29) is 11.9 Å². The van der Waals surface area contributed by atoms with Crippen molar-refractivity contribution in [1.29, 1.82) is 0 Å². The van der Waals surface area contributed by atoms with Crippen LogP contribution >= 0.6 is 0 Å². The second-order valence-corrected chi connectivity index (χ2v) is 5.72. The van der Waals surface area contributed by atoms with Crippen LogP contribution in [0.2, 0.25) is 0 Å². The number of hydrogen-bond acceptors (Lipinski definition) is 4. The molecule has 21 heavy (non-hydrogen) atoms. The van der Waals surface area contributed by atoms with E-state index < -0.39 is 0 Å². The Morgan fingerprint density at radius 1 is 1.19 bits per heavy atom. The molecule has 1 aliphatic carbocycles. The van der Waals surface area contributed by atoms with Crippen LogP contribution in [-0.2, 0) is 0 Å². The van der Waals surface area contributed by atoms with Gasteiger partial charge in [-0.1, -0.05) is 6.42 Å². The maximum absolute atomic E-state index is 12.4. The van der Waals surface area contributed by atoms with Gasteiger partial charge in [0.15, 0.2) is 11.5 Å². The van der Waals surface area contributed by atoms with Gasteiger partial charge in [-0.3, -0.25) is 4.79 Å². The van der Waals surface area contributed by atoms with Crippen LogP contribution in [0.1, 0.15) is 36.0 Å². The number of ether oxygens (including phenoxy) is 2. The summed E-state index contributed by atoms with van der Waals surface area (Å²) in [5, 5.41) is 3.10. The zero-order valence-electron chi connectivity index (χ0n) is 12.1. The first-order valence-electron chi connectivity index (χ1n) is 7.68. The summed E-state index contributed by atoms with van der Waals surface area (Å²) in [7, 11) is 0. The topological polar surface area (TPSA) is 73.6 Å². The maximum atomic E-state index is 12.4. The van der Waals surface area contributed by atoms with Gasteiger partial charge in [-0.2, -0.15) is 0 Å². The first-order chi connectivity index (χ1) is 10.3. The van der Waals surface area contributed by atoms with E-state index in [9.17, 15) is 4.79 Å². The van der Waals surface area contributed by atoms with Gasteiger partial charge >= 0.3 is 0 Å². The van der Waals surface area contributed by atoms with Crippen LogP contribution in [-0.4, -0.2) is 31.7 Å². The molecule has 5 heteroatoms. The fraction of sp³-hybridized carbons (Fsp3) is 0.562. The van der Waals surface area contributed by atoms with Gasteiger partial charge in [0.2, 0.25) is 0 Å². The molecule has 1 aromatic carbocycles. The highest BCUT2D eigenvalue weighted by atomic mass is 16.5. The Kier molecular flexibility index (Phi) is 4.29. The van der Waals surface area contributed by atoms with Gasteiger partial charge in [0, 0.05) is 18.0 Å². The molecular formula is C16H22N2O3. The summed E-state index contributed by atoms with van der Waals surface area (Å²) in [6.07, 6.45) is 4.10.